The largest absolute Gasteiger partial charge is 0.494 e. The SMILES string of the molecule is CCOc1ccc(NC(=O)CNc2ccc(C(=O)N3CCCC3)cc2)cc1. The van der Waals surface area contributed by atoms with Gasteiger partial charge < -0.3 is 20.3 Å². The summed E-state index contributed by atoms with van der Waals surface area (Å²) in [7, 11) is 0. The highest BCUT2D eigenvalue weighted by Crippen LogP contribution is 2.17. The molecule has 1 fully saturated rings. The number of nitrogens with one attached hydrogen (secondary N) is 2. The van der Waals surface area contributed by atoms with E-state index in [1.165, 1.54) is 0 Å². The smallest absolute Gasteiger partial charge is 0.253 e. The molecule has 6 nitrogen and oxygen atoms in total. The Morgan fingerprint density at radius 3 is 2.22 bits per heavy atom. The van der Waals surface area contributed by atoms with Crippen molar-refractivity contribution in [3.8, 4) is 5.75 Å². The molecule has 6 heteroatoms. The van der Waals surface area contributed by atoms with Gasteiger partial charge in [-0.05, 0) is 68.3 Å². The van der Waals surface area contributed by atoms with Gasteiger partial charge in [0.05, 0.1) is 13.2 Å². The van der Waals surface area contributed by atoms with E-state index in [4.69, 9.17) is 4.74 Å². The molecule has 142 valence electrons. The summed E-state index contributed by atoms with van der Waals surface area (Å²) in [5, 5.41) is 5.90. The fourth-order valence-corrected chi connectivity index (χ4v) is 3.02. The Balaban J connectivity index is 1.47. The van der Waals surface area contributed by atoms with Crippen molar-refractivity contribution in [1.82, 2.24) is 4.90 Å². The summed E-state index contributed by atoms with van der Waals surface area (Å²) in [6.45, 7) is 4.36. The van der Waals surface area contributed by atoms with E-state index in [0.717, 1.165) is 43.1 Å². The van der Waals surface area contributed by atoms with Gasteiger partial charge >= 0.3 is 0 Å². The predicted molar refractivity (Wildman–Crippen MR) is 106 cm³/mol. The van der Waals surface area contributed by atoms with Crippen molar-refractivity contribution in [2.75, 3.05) is 36.9 Å². The van der Waals surface area contributed by atoms with E-state index in [9.17, 15) is 9.59 Å². The van der Waals surface area contributed by atoms with Crippen LogP contribution in [0.2, 0.25) is 0 Å². The molecule has 0 unspecified atom stereocenters. The number of carbonyl (C=O) groups excluding carboxylic acids is 2. The molecule has 3 rings (SSSR count). The van der Waals surface area contributed by atoms with Crippen LogP contribution in [0.3, 0.4) is 0 Å². The molecule has 0 spiro atoms. The Morgan fingerprint density at radius 2 is 1.59 bits per heavy atom. The zero-order valence-corrected chi connectivity index (χ0v) is 15.5. The lowest BCUT2D eigenvalue weighted by atomic mass is 10.2. The summed E-state index contributed by atoms with van der Waals surface area (Å²) in [5.41, 5.74) is 2.20. The topological polar surface area (TPSA) is 70.7 Å². The Morgan fingerprint density at radius 1 is 0.963 bits per heavy atom. The van der Waals surface area contributed by atoms with Crippen LogP contribution in [0, 0.1) is 0 Å². The first-order valence-corrected chi connectivity index (χ1v) is 9.31. The van der Waals surface area contributed by atoms with Crippen molar-refractivity contribution in [2.24, 2.45) is 0 Å². The summed E-state index contributed by atoms with van der Waals surface area (Å²) in [5.74, 6) is 0.709. The number of carbonyl (C=O) groups is 2. The van der Waals surface area contributed by atoms with Crippen molar-refractivity contribution in [3.05, 3.63) is 54.1 Å². The first kappa shape index (κ1) is 18.8. The summed E-state index contributed by atoms with van der Waals surface area (Å²) < 4.78 is 5.38. The van der Waals surface area contributed by atoms with Crippen LogP contribution >= 0.6 is 0 Å². The van der Waals surface area contributed by atoms with E-state index >= 15 is 0 Å². The number of rotatable bonds is 7. The average Bonchev–Trinajstić information content (AvgIpc) is 3.23. The van der Waals surface area contributed by atoms with Crippen molar-refractivity contribution in [1.29, 1.82) is 0 Å². The summed E-state index contributed by atoms with van der Waals surface area (Å²) >= 11 is 0. The minimum atomic E-state index is -0.142. The molecule has 0 atom stereocenters. The molecule has 0 saturated carbocycles. The van der Waals surface area contributed by atoms with Crippen LogP contribution in [0.5, 0.6) is 5.75 Å². The zero-order chi connectivity index (χ0) is 19.1. The van der Waals surface area contributed by atoms with Gasteiger partial charge in [0.1, 0.15) is 5.75 Å². The summed E-state index contributed by atoms with van der Waals surface area (Å²) in [6, 6.07) is 14.5. The van der Waals surface area contributed by atoms with E-state index in [1.807, 2.05) is 48.2 Å². The second-order valence-corrected chi connectivity index (χ2v) is 6.44. The second kappa shape index (κ2) is 9.07. The lowest BCUT2D eigenvalue weighted by molar-refractivity contribution is -0.114. The lowest BCUT2D eigenvalue weighted by Crippen LogP contribution is -2.27. The van der Waals surface area contributed by atoms with Crippen molar-refractivity contribution in [2.45, 2.75) is 19.8 Å². The lowest BCUT2D eigenvalue weighted by Gasteiger charge is -2.15. The van der Waals surface area contributed by atoms with Crippen molar-refractivity contribution < 1.29 is 14.3 Å². The van der Waals surface area contributed by atoms with Gasteiger partial charge in [-0.15, -0.1) is 0 Å². The highest BCUT2D eigenvalue weighted by molar-refractivity contribution is 5.95. The van der Waals surface area contributed by atoms with Crippen LogP contribution in [-0.2, 0) is 4.79 Å². The normalized spacial score (nSPS) is 13.3. The Kier molecular flexibility index (Phi) is 6.30. The first-order chi connectivity index (χ1) is 13.2. The van der Waals surface area contributed by atoms with Gasteiger partial charge in [0, 0.05) is 30.0 Å². The Bertz CT molecular complexity index is 766. The average molecular weight is 367 g/mol. The molecule has 2 amide bonds. The zero-order valence-electron chi connectivity index (χ0n) is 15.5. The third kappa shape index (κ3) is 5.23. The van der Waals surface area contributed by atoms with Crippen LogP contribution in [0.15, 0.2) is 48.5 Å². The maximum Gasteiger partial charge on any atom is 0.253 e. The number of benzene rings is 2. The van der Waals surface area contributed by atoms with Crippen molar-refractivity contribution >= 4 is 23.2 Å². The van der Waals surface area contributed by atoms with Crippen LogP contribution in [0.1, 0.15) is 30.1 Å². The number of hydrogen-bond donors (Lipinski definition) is 2. The maximum atomic E-state index is 12.3. The summed E-state index contributed by atoms with van der Waals surface area (Å²) in [6.07, 6.45) is 2.16. The van der Waals surface area contributed by atoms with Crippen LogP contribution < -0.4 is 15.4 Å². The number of amides is 2. The highest BCUT2D eigenvalue weighted by Gasteiger charge is 2.19. The molecule has 1 heterocycles. The fraction of sp³-hybridized carbons (Fsp3) is 0.333. The van der Waals surface area contributed by atoms with Crippen LogP contribution in [-0.4, -0.2) is 43.0 Å². The van der Waals surface area contributed by atoms with Crippen LogP contribution in [0.25, 0.3) is 0 Å². The van der Waals surface area contributed by atoms with Crippen molar-refractivity contribution in [3.63, 3.8) is 0 Å². The fourth-order valence-electron chi connectivity index (χ4n) is 3.02. The number of likely N-dealkylation sites (tertiary alicyclic amines) is 1. The molecule has 0 radical (unpaired) electrons. The summed E-state index contributed by atoms with van der Waals surface area (Å²) in [4.78, 5) is 26.3. The van der Waals surface area contributed by atoms with E-state index in [1.54, 1.807) is 12.1 Å². The molecule has 1 saturated heterocycles. The van der Waals surface area contributed by atoms with E-state index in [-0.39, 0.29) is 18.4 Å². The molecule has 27 heavy (non-hydrogen) atoms. The standard InChI is InChI=1S/C21H25N3O3/c1-2-27-19-11-9-18(10-12-19)23-20(25)15-22-17-7-5-16(6-8-17)21(26)24-13-3-4-14-24/h5-12,22H,2-4,13-15H2,1H3,(H,23,25). The van der Waals surface area contributed by atoms with Gasteiger partial charge in [-0.25, -0.2) is 0 Å². The van der Waals surface area contributed by atoms with Gasteiger partial charge in [0.25, 0.3) is 5.91 Å². The molecule has 2 N–H and O–H groups in total. The third-order valence-electron chi connectivity index (χ3n) is 4.43. The molecular weight excluding hydrogens is 342 g/mol. The molecule has 1 aliphatic rings. The molecular formula is C21H25N3O3. The molecule has 0 aliphatic carbocycles. The number of hydrogen-bond acceptors (Lipinski definition) is 4. The first-order valence-electron chi connectivity index (χ1n) is 9.31. The van der Waals surface area contributed by atoms with Crippen LogP contribution in [0.4, 0.5) is 11.4 Å². The second-order valence-electron chi connectivity index (χ2n) is 6.44. The van der Waals surface area contributed by atoms with Gasteiger partial charge in [-0.1, -0.05) is 0 Å². The number of nitrogens with zero attached hydrogens (tertiary/aromatic N) is 1. The predicted octanol–water partition coefficient (Wildman–Crippen LogP) is 3.37. The van der Waals surface area contributed by atoms with Gasteiger partial charge in [0.15, 0.2) is 0 Å². The molecule has 0 bridgehead atoms. The maximum absolute atomic E-state index is 12.3. The Labute approximate surface area is 159 Å². The van der Waals surface area contributed by atoms with Gasteiger partial charge in [-0.2, -0.15) is 0 Å². The molecule has 2 aromatic carbocycles. The monoisotopic (exact) mass is 367 g/mol. The highest BCUT2D eigenvalue weighted by atomic mass is 16.5. The molecule has 2 aromatic rings. The van der Waals surface area contributed by atoms with E-state index < -0.39 is 0 Å². The molecule has 1 aliphatic heterocycles. The minimum absolute atomic E-state index is 0.0762. The minimum Gasteiger partial charge on any atom is -0.494 e. The van der Waals surface area contributed by atoms with E-state index in [0.29, 0.717) is 12.2 Å². The number of ether oxygens (including phenoxy) is 1. The quantitative estimate of drug-likeness (QED) is 0.787. The van der Waals surface area contributed by atoms with Gasteiger partial charge in [0.2, 0.25) is 5.91 Å². The molecule has 0 aromatic heterocycles. The van der Waals surface area contributed by atoms with E-state index in [2.05, 4.69) is 10.6 Å². The Hall–Kier alpha value is -3.02. The third-order valence-corrected chi connectivity index (χ3v) is 4.43. The number of anilines is 2. The van der Waals surface area contributed by atoms with Gasteiger partial charge in [-0.3, -0.25) is 9.59 Å².